The molecule has 0 bridgehead atoms. The Hall–Kier alpha value is -3.01. The summed E-state index contributed by atoms with van der Waals surface area (Å²) in [6, 6.07) is 10.5. The molecular weight excluding hydrogens is 422 g/mol. The second kappa shape index (κ2) is 11.0. The molecule has 0 aliphatic carbocycles. The average molecular weight is 455 g/mol. The van der Waals surface area contributed by atoms with E-state index in [1.165, 1.54) is 6.20 Å². The summed E-state index contributed by atoms with van der Waals surface area (Å²) in [5.74, 6) is 1.16. The molecule has 1 aromatic carbocycles. The number of fused-ring (bicyclic) bond motifs is 1. The quantitative estimate of drug-likeness (QED) is 0.178. The molecule has 0 atom stereocenters. The lowest BCUT2D eigenvalue weighted by Crippen LogP contribution is -2.36. The van der Waals surface area contributed by atoms with E-state index in [2.05, 4.69) is 34.7 Å². The van der Waals surface area contributed by atoms with E-state index >= 15 is 0 Å². The van der Waals surface area contributed by atoms with E-state index in [4.69, 9.17) is 20.3 Å². The number of ether oxygens (including phenoxy) is 2. The topological polar surface area (TPSA) is 110 Å². The Bertz CT molecular complexity index is 1070. The first-order valence-corrected chi connectivity index (χ1v) is 14.4. The van der Waals surface area contributed by atoms with Crippen molar-refractivity contribution < 1.29 is 19.3 Å². The third-order valence-electron chi connectivity index (χ3n) is 4.75. The lowest BCUT2D eigenvalue weighted by Gasteiger charge is -2.14. The zero-order valence-corrected chi connectivity index (χ0v) is 19.9. The lowest BCUT2D eigenvalue weighted by atomic mass is 10.2. The molecule has 0 radical (unpaired) electrons. The molecule has 0 aliphatic heterocycles. The highest BCUT2D eigenvalue weighted by molar-refractivity contribution is 6.76. The molecule has 0 saturated carbocycles. The third kappa shape index (κ3) is 7.01. The number of hydrogen-bond donors (Lipinski definition) is 3. The van der Waals surface area contributed by atoms with E-state index in [0.29, 0.717) is 23.9 Å². The summed E-state index contributed by atoms with van der Waals surface area (Å²) in [6.45, 7) is 8.56. The molecule has 2 heterocycles. The number of nitrogens with zero attached hydrogens (tertiary/aromatic N) is 3. The van der Waals surface area contributed by atoms with Gasteiger partial charge in [0.2, 0.25) is 12.1 Å². The summed E-state index contributed by atoms with van der Waals surface area (Å²) in [7, 11) is -1.11. The first-order valence-electron chi connectivity index (χ1n) is 10.7. The third-order valence-corrected chi connectivity index (χ3v) is 6.46. The Morgan fingerprint density at radius 1 is 1.28 bits per heavy atom. The first-order chi connectivity index (χ1) is 15.4. The Labute approximate surface area is 189 Å². The number of aliphatic hydroxyl groups excluding tert-OH is 1. The minimum atomic E-state index is -1.11. The molecule has 3 aromatic rings. The van der Waals surface area contributed by atoms with Gasteiger partial charge in [0, 0.05) is 32.5 Å². The largest absolute Gasteiger partial charge is 0.439 e. The molecule has 8 nitrogen and oxygen atoms in total. The van der Waals surface area contributed by atoms with Crippen LogP contribution in [-0.2, 0) is 11.3 Å². The van der Waals surface area contributed by atoms with Gasteiger partial charge in [-0.05, 0) is 42.6 Å². The number of aliphatic hydroxyl groups is 1. The Morgan fingerprint density at radius 2 is 2.12 bits per heavy atom. The minimum absolute atomic E-state index is 0.0757. The van der Waals surface area contributed by atoms with Crippen molar-refractivity contribution in [1.82, 2.24) is 10.1 Å². The summed E-state index contributed by atoms with van der Waals surface area (Å²) < 4.78 is 13.4. The van der Waals surface area contributed by atoms with Gasteiger partial charge in [0.15, 0.2) is 6.54 Å². The smallest absolute Gasteiger partial charge is 0.219 e. The molecule has 3 rings (SSSR count). The molecule has 9 heteroatoms. The van der Waals surface area contributed by atoms with Crippen LogP contribution in [0.5, 0.6) is 11.6 Å². The maximum Gasteiger partial charge on any atom is 0.219 e. The maximum atomic E-state index is 9.09. The fourth-order valence-corrected chi connectivity index (χ4v) is 3.76. The maximum absolute atomic E-state index is 9.09. The standard InChI is InChI=1S/C23H31N5O3Si/c1-32(2,3)13-12-30-17-26-21(8-9-24)18-4-7-23(25-15-18)31-20-5-6-22-19(14-20)16-28(27-22)10-11-29/h4-9,14-16,29H,10-13,17H2,1-3H3,(H2,24,26)/p+1. The highest BCUT2D eigenvalue weighted by atomic mass is 28.3. The van der Waals surface area contributed by atoms with Crippen molar-refractivity contribution in [3.8, 4) is 11.6 Å². The molecule has 170 valence electrons. The average Bonchev–Trinajstić information content (AvgIpc) is 3.14. The van der Waals surface area contributed by atoms with Gasteiger partial charge < -0.3 is 20.3 Å². The number of aromatic nitrogens is 3. The fraction of sp³-hybridized carbons (Fsp3) is 0.348. The number of benzene rings is 1. The Kier molecular flexibility index (Phi) is 8.15. The molecule has 0 saturated heterocycles. The van der Waals surface area contributed by atoms with E-state index in [-0.39, 0.29) is 13.3 Å². The molecule has 4 N–H and O–H groups in total. The van der Waals surface area contributed by atoms with Crippen LogP contribution < -0.4 is 15.2 Å². The van der Waals surface area contributed by atoms with Gasteiger partial charge >= 0.3 is 0 Å². The van der Waals surface area contributed by atoms with Crippen molar-refractivity contribution in [2.75, 3.05) is 19.9 Å². The summed E-state index contributed by atoms with van der Waals surface area (Å²) in [4.78, 5) is 8.92. The highest BCUT2D eigenvalue weighted by Crippen LogP contribution is 2.23. The number of aromatic amines is 1. The predicted octanol–water partition coefficient (Wildman–Crippen LogP) is 3.21. The summed E-state index contributed by atoms with van der Waals surface area (Å²) in [5.41, 5.74) is 8.10. The van der Waals surface area contributed by atoms with Crippen molar-refractivity contribution >= 4 is 24.7 Å². The van der Waals surface area contributed by atoms with Gasteiger partial charge in [-0.1, -0.05) is 19.6 Å². The van der Waals surface area contributed by atoms with Crippen LogP contribution in [0.25, 0.3) is 10.9 Å². The Balaban J connectivity index is 1.64. The van der Waals surface area contributed by atoms with Gasteiger partial charge in [-0.25, -0.2) is 4.98 Å². The predicted molar refractivity (Wildman–Crippen MR) is 129 cm³/mol. The SMILES string of the molecule is C[Si](C)(C)CCOC/N=C(/C=C\N)c1ccc(Oc2ccc3[nH][n+](CCO)cc3c2)nc1. The van der Waals surface area contributed by atoms with Gasteiger partial charge in [-0.3, -0.25) is 4.99 Å². The van der Waals surface area contributed by atoms with E-state index < -0.39 is 8.07 Å². The number of rotatable bonds is 11. The molecule has 0 amide bonds. The van der Waals surface area contributed by atoms with Crippen LogP contribution in [0, 0.1) is 0 Å². The minimum Gasteiger partial charge on any atom is -0.439 e. The molecule has 2 aromatic heterocycles. The molecule has 0 aliphatic rings. The second-order valence-electron chi connectivity index (χ2n) is 8.64. The molecular formula is C23H32N5O3Si+. The van der Waals surface area contributed by atoms with Gasteiger partial charge in [-0.2, -0.15) is 5.10 Å². The number of pyridine rings is 1. The number of nitrogens with one attached hydrogen (secondary N) is 1. The van der Waals surface area contributed by atoms with E-state index in [0.717, 1.165) is 29.1 Å². The van der Waals surface area contributed by atoms with Crippen LogP contribution in [0.3, 0.4) is 0 Å². The van der Waals surface area contributed by atoms with Crippen LogP contribution in [0.4, 0.5) is 0 Å². The molecule has 0 fully saturated rings. The van der Waals surface area contributed by atoms with Gasteiger partial charge in [-0.15, -0.1) is 4.68 Å². The van der Waals surface area contributed by atoms with Crippen molar-refractivity contribution in [3.63, 3.8) is 0 Å². The zero-order valence-electron chi connectivity index (χ0n) is 18.9. The van der Waals surface area contributed by atoms with Crippen LogP contribution in [0.1, 0.15) is 5.56 Å². The van der Waals surface area contributed by atoms with Crippen LogP contribution in [0.2, 0.25) is 25.7 Å². The zero-order chi connectivity index (χ0) is 23.0. The van der Waals surface area contributed by atoms with E-state index in [1.807, 2.05) is 35.1 Å². The molecule has 0 spiro atoms. The summed E-state index contributed by atoms with van der Waals surface area (Å²) in [5, 5.41) is 13.3. The van der Waals surface area contributed by atoms with E-state index in [1.54, 1.807) is 18.3 Å². The fourth-order valence-electron chi connectivity index (χ4n) is 3.00. The monoisotopic (exact) mass is 454 g/mol. The summed E-state index contributed by atoms with van der Waals surface area (Å²) in [6.07, 6.45) is 6.84. The van der Waals surface area contributed by atoms with Crippen molar-refractivity contribution in [3.05, 3.63) is 60.6 Å². The number of nitrogens with two attached hydrogens (primary N) is 1. The van der Waals surface area contributed by atoms with E-state index in [9.17, 15) is 0 Å². The number of hydrogen-bond acceptors (Lipinski definition) is 6. The molecule has 32 heavy (non-hydrogen) atoms. The number of aliphatic imine (C=N–C) groups is 1. The van der Waals surface area contributed by atoms with Crippen LogP contribution in [0.15, 0.2) is 60.0 Å². The normalized spacial score (nSPS) is 12.7. The number of allylic oxidation sites excluding steroid dienone is 1. The van der Waals surface area contributed by atoms with Crippen molar-refractivity contribution in [2.45, 2.75) is 32.2 Å². The van der Waals surface area contributed by atoms with Gasteiger partial charge in [0.1, 0.15) is 24.6 Å². The first kappa shape index (κ1) is 23.6. The van der Waals surface area contributed by atoms with Crippen molar-refractivity contribution in [1.29, 1.82) is 0 Å². The summed E-state index contributed by atoms with van der Waals surface area (Å²) >= 11 is 0. The van der Waals surface area contributed by atoms with Gasteiger partial charge in [0.25, 0.3) is 0 Å². The molecule has 0 unspecified atom stereocenters. The Morgan fingerprint density at radius 3 is 2.81 bits per heavy atom. The van der Waals surface area contributed by atoms with Crippen molar-refractivity contribution in [2.24, 2.45) is 10.7 Å². The van der Waals surface area contributed by atoms with Gasteiger partial charge in [0.05, 0.1) is 11.1 Å². The number of H-pyrrole nitrogens is 1. The second-order valence-corrected chi connectivity index (χ2v) is 14.3. The highest BCUT2D eigenvalue weighted by Gasteiger charge is 2.12. The van der Waals surface area contributed by atoms with Crippen LogP contribution in [-0.4, -0.2) is 48.9 Å². The van der Waals surface area contributed by atoms with Crippen LogP contribution >= 0.6 is 0 Å². The lowest BCUT2D eigenvalue weighted by molar-refractivity contribution is -0.748.